The standard InChI is InChI=1S/C14H25N3O2/c1-7-10(2)17-9-15-8-12(17)11(3)16-13(18)19-14(4,5)6/h8-11H,7H2,1-6H3,(H,16,18)/t10?,11-/m1/s1. The zero-order valence-electron chi connectivity index (χ0n) is 12.7. The molecule has 0 aliphatic carbocycles. The van der Waals surface area contributed by atoms with Crippen molar-refractivity contribution in [1.82, 2.24) is 14.9 Å². The molecule has 0 aliphatic rings. The minimum Gasteiger partial charge on any atom is -0.444 e. The van der Waals surface area contributed by atoms with Gasteiger partial charge in [-0.1, -0.05) is 6.92 Å². The van der Waals surface area contributed by atoms with Crippen molar-refractivity contribution >= 4 is 6.09 Å². The topological polar surface area (TPSA) is 56.2 Å². The fraction of sp³-hybridized carbons (Fsp3) is 0.714. The van der Waals surface area contributed by atoms with Gasteiger partial charge in [-0.3, -0.25) is 0 Å². The van der Waals surface area contributed by atoms with Crippen LogP contribution in [0.3, 0.4) is 0 Å². The summed E-state index contributed by atoms with van der Waals surface area (Å²) in [5.41, 5.74) is 0.501. The van der Waals surface area contributed by atoms with Gasteiger partial charge in [0.2, 0.25) is 0 Å². The number of hydrogen-bond donors (Lipinski definition) is 1. The lowest BCUT2D eigenvalue weighted by Crippen LogP contribution is -2.34. The van der Waals surface area contributed by atoms with Crippen molar-refractivity contribution in [3.05, 3.63) is 18.2 Å². The third-order valence-corrected chi connectivity index (χ3v) is 2.94. The molecule has 1 heterocycles. The summed E-state index contributed by atoms with van der Waals surface area (Å²) in [7, 11) is 0. The number of nitrogens with zero attached hydrogens (tertiary/aromatic N) is 2. The van der Waals surface area contributed by atoms with Crippen LogP contribution in [0.2, 0.25) is 0 Å². The number of nitrogens with one attached hydrogen (secondary N) is 1. The Morgan fingerprint density at radius 3 is 2.63 bits per heavy atom. The highest BCUT2D eigenvalue weighted by Crippen LogP contribution is 2.19. The SMILES string of the molecule is CCC(C)n1cncc1[C@@H](C)NC(=O)OC(C)(C)C. The summed E-state index contributed by atoms with van der Waals surface area (Å²) < 4.78 is 7.34. The maximum atomic E-state index is 11.8. The van der Waals surface area contributed by atoms with Crippen molar-refractivity contribution < 1.29 is 9.53 Å². The summed E-state index contributed by atoms with van der Waals surface area (Å²) in [5, 5.41) is 2.84. The van der Waals surface area contributed by atoms with Gasteiger partial charge in [0.25, 0.3) is 0 Å². The highest BCUT2D eigenvalue weighted by atomic mass is 16.6. The molecule has 19 heavy (non-hydrogen) atoms. The number of carbonyl (C=O) groups excluding carboxylic acids is 1. The van der Waals surface area contributed by atoms with Crippen molar-refractivity contribution in [2.45, 2.75) is 65.6 Å². The van der Waals surface area contributed by atoms with Gasteiger partial charge < -0.3 is 14.6 Å². The Labute approximate surface area is 115 Å². The highest BCUT2D eigenvalue weighted by Gasteiger charge is 2.20. The summed E-state index contributed by atoms with van der Waals surface area (Å²) in [5.74, 6) is 0. The van der Waals surface area contributed by atoms with E-state index in [0.717, 1.165) is 12.1 Å². The van der Waals surface area contributed by atoms with Gasteiger partial charge in [-0.05, 0) is 41.0 Å². The predicted octanol–water partition coefficient (Wildman–Crippen LogP) is 3.44. The molecule has 0 aromatic carbocycles. The zero-order chi connectivity index (χ0) is 14.6. The quantitative estimate of drug-likeness (QED) is 0.909. The first-order valence-electron chi connectivity index (χ1n) is 6.75. The number of alkyl carbamates (subject to hydrolysis) is 1. The summed E-state index contributed by atoms with van der Waals surface area (Å²) >= 11 is 0. The lowest BCUT2D eigenvalue weighted by Gasteiger charge is -2.23. The summed E-state index contributed by atoms with van der Waals surface area (Å²) in [4.78, 5) is 15.9. The van der Waals surface area contributed by atoms with Gasteiger partial charge in [0.15, 0.2) is 0 Å². The molecule has 108 valence electrons. The van der Waals surface area contributed by atoms with Crippen molar-refractivity contribution in [3.8, 4) is 0 Å². The molecule has 1 N–H and O–H groups in total. The van der Waals surface area contributed by atoms with Crippen molar-refractivity contribution in [3.63, 3.8) is 0 Å². The molecule has 5 heteroatoms. The lowest BCUT2D eigenvalue weighted by molar-refractivity contribution is 0.0506. The monoisotopic (exact) mass is 267 g/mol. The number of aromatic nitrogens is 2. The van der Waals surface area contributed by atoms with E-state index in [1.165, 1.54) is 0 Å². The molecular weight excluding hydrogens is 242 g/mol. The second-order valence-electron chi connectivity index (χ2n) is 5.85. The highest BCUT2D eigenvalue weighted by molar-refractivity contribution is 5.68. The number of amides is 1. The van der Waals surface area contributed by atoms with Gasteiger partial charge in [0.05, 0.1) is 24.3 Å². The van der Waals surface area contributed by atoms with Gasteiger partial charge in [-0.25, -0.2) is 9.78 Å². The minimum atomic E-state index is -0.485. The van der Waals surface area contributed by atoms with Crippen LogP contribution in [0.4, 0.5) is 4.79 Å². The number of ether oxygens (including phenoxy) is 1. The first-order valence-corrected chi connectivity index (χ1v) is 6.75. The molecule has 1 aromatic rings. The molecule has 0 bridgehead atoms. The first-order chi connectivity index (χ1) is 8.74. The zero-order valence-corrected chi connectivity index (χ0v) is 12.7. The Bertz CT molecular complexity index is 421. The average Bonchev–Trinajstić information content (AvgIpc) is 2.73. The molecule has 1 amide bonds. The Kier molecular flexibility index (Phi) is 4.97. The number of hydrogen-bond acceptors (Lipinski definition) is 3. The smallest absolute Gasteiger partial charge is 0.408 e. The van der Waals surface area contributed by atoms with Crippen LogP contribution >= 0.6 is 0 Å². The van der Waals surface area contributed by atoms with Gasteiger partial charge in [-0.2, -0.15) is 0 Å². The van der Waals surface area contributed by atoms with Gasteiger partial charge >= 0.3 is 6.09 Å². The summed E-state index contributed by atoms with van der Waals surface area (Å²) in [6.45, 7) is 11.7. The molecule has 0 saturated heterocycles. The third kappa shape index (κ3) is 4.58. The fourth-order valence-corrected chi connectivity index (χ4v) is 1.77. The Balaban J connectivity index is 2.71. The lowest BCUT2D eigenvalue weighted by atomic mass is 10.2. The van der Waals surface area contributed by atoms with E-state index in [1.807, 2.05) is 27.7 Å². The van der Waals surface area contributed by atoms with Crippen molar-refractivity contribution in [2.75, 3.05) is 0 Å². The molecule has 0 fully saturated rings. The van der Waals surface area contributed by atoms with E-state index in [1.54, 1.807) is 12.5 Å². The molecular formula is C14H25N3O2. The predicted molar refractivity (Wildman–Crippen MR) is 75.0 cm³/mol. The van der Waals surface area contributed by atoms with Gasteiger partial charge in [0, 0.05) is 6.04 Å². The first kappa shape index (κ1) is 15.5. The van der Waals surface area contributed by atoms with Crippen LogP contribution in [-0.4, -0.2) is 21.2 Å². The molecule has 2 atom stereocenters. The number of rotatable bonds is 4. The normalized spacial score (nSPS) is 14.8. The Morgan fingerprint density at radius 2 is 2.11 bits per heavy atom. The van der Waals surface area contributed by atoms with Crippen LogP contribution in [0.25, 0.3) is 0 Å². The molecule has 0 radical (unpaired) electrons. The average molecular weight is 267 g/mol. The van der Waals surface area contributed by atoms with Crippen LogP contribution in [0, 0.1) is 0 Å². The molecule has 0 spiro atoms. The Morgan fingerprint density at radius 1 is 1.47 bits per heavy atom. The van der Waals surface area contributed by atoms with E-state index in [4.69, 9.17) is 4.74 Å². The fourth-order valence-electron chi connectivity index (χ4n) is 1.77. The van der Waals surface area contributed by atoms with E-state index < -0.39 is 11.7 Å². The molecule has 1 rings (SSSR count). The summed E-state index contributed by atoms with van der Waals surface area (Å²) in [6.07, 6.45) is 4.20. The van der Waals surface area contributed by atoms with Crippen LogP contribution in [0.15, 0.2) is 12.5 Å². The van der Waals surface area contributed by atoms with E-state index in [-0.39, 0.29) is 6.04 Å². The van der Waals surface area contributed by atoms with Crippen molar-refractivity contribution in [1.29, 1.82) is 0 Å². The molecule has 1 unspecified atom stereocenters. The maximum Gasteiger partial charge on any atom is 0.408 e. The van der Waals surface area contributed by atoms with Gasteiger partial charge in [-0.15, -0.1) is 0 Å². The van der Waals surface area contributed by atoms with Crippen LogP contribution < -0.4 is 5.32 Å². The number of imidazole rings is 1. The second kappa shape index (κ2) is 6.08. The third-order valence-electron chi connectivity index (χ3n) is 2.94. The second-order valence-corrected chi connectivity index (χ2v) is 5.85. The van der Waals surface area contributed by atoms with Crippen LogP contribution in [0.1, 0.15) is 65.7 Å². The van der Waals surface area contributed by atoms with Crippen LogP contribution in [-0.2, 0) is 4.74 Å². The number of carbonyl (C=O) groups is 1. The van der Waals surface area contributed by atoms with Crippen LogP contribution in [0.5, 0.6) is 0 Å². The maximum absolute atomic E-state index is 11.8. The minimum absolute atomic E-state index is 0.133. The van der Waals surface area contributed by atoms with Gasteiger partial charge in [0.1, 0.15) is 5.60 Å². The molecule has 0 aliphatic heterocycles. The van der Waals surface area contributed by atoms with E-state index >= 15 is 0 Å². The van der Waals surface area contributed by atoms with E-state index in [2.05, 4.69) is 28.7 Å². The van der Waals surface area contributed by atoms with E-state index in [0.29, 0.717) is 6.04 Å². The molecule has 1 aromatic heterocycles. The largest absolute Gasteiger partial charge is 0.444 e. The Hall–Kier alpha value is -1.52. The summed E-state index contributed by atoms with van der Waals surface area (Å²) in [6, 6.07) is 0.228. The molecule has 0 saturated carbocycles. The van der Waals surface area contributed by atoms with Crippen molar-refractivity contribution in [2.24, 2.45) is 0 Å². The van der Waals surface area contributed by atoms with E-state index in [9.17, 15) is 4.79 Å². The molecule has 5 nitrogen and oxygen atoms in total.